The van der Waals surface area contributed by atoms with Gasteiger partial charge in [0.05, 0.1) is 17.2 Å². The number of aryl methyl sites for hydroxylation is 2. The van der Waals surface area contributed by atoms with Gasteiger partial charge in [-0.15, -0.1) is 0 Å². The molecule has 0 fully saturated rings. The molecule has 3 aromatic rings. The highest BCUT2D eigenvalue weighted by Gasteiger charge is 2.25. The highest BCUT2D eigenvalue weighted by atomic mass is 16.7. The molecule has 2 N–H and O–H groups in total. The Morgan fingerprint density at radius 1 is 1.20 bits per heavy atom. The fourth-order valence-corrected chi connectivity index (χ4v) is 4.16. The molecule has 4 rings (SSSR count). The number of carbonyl (C=O) groups excluding carboxylic acids is 2. The van der Waals surface area contributed by atoms with E-state index >= 15 is 0 Å². The second-order valence-electron chi connectivity index (χ2n) is 8.98. The van der Waals surface area contributed by atoms with Crippen LogP contribution in [0.4, 0.5) is 0 Å². The lowest BCUT2D eigenvalue weighted by molar-refractivity contribution is -0.123. The number of hydrogen-bond donors (Lipinski definition) is 2. The predicted molar refractivity (Wildman–Crippen MR) is 131 cm³/mol. The van der Waals surface area contributed by atoms with E-state index in [9.17, 15) is 14.4 Å². The van der Waals surface area contributed by atoms with Crippen LogP contribution in [0, 0.1) is 5.92 Å². The van der Waals surface area contributed by atoms with Gasteiger partial charge in [0, 0.05) is 44.3 Å². The van der Waals surface area contributed by atoms with Crippen LogP contribution in [0.5, 0.6) is 11.5 Å². The van der Waals surface area contributed by atoms with Crippen LogP contribution in [0.25, 0.3) is 10.9 Å². The molecule has 10 heteroatoms. The van der Waals surface area contributed by atoms with Gasteiger partial charge in [-0.05, 0) is 31.7 Å². The molecule has 0 spiro atoms. The lowest BCUT2D eigenvalue weighted by Gasteiger charge is -2.21. The van der Waals surface area contributed by atoms with Gasteiger partial charge in [-0.25, -0.2) is 4.98 Å². The number of fused-ring (bicyclic) bond motifs is 2. The summed E-state index contributed by atoms with van der Waals surface area (Å²) in [5.74, 6) is 0.370. The summed E-state index contributed by atoms with van der Waals surface area (Å²) in [7, 11) is 0. The van der Waals surface area contributed by atoms with E-state index in [4.69, 9.17) is 9.47 Å². The second-order valence-corrected chi connectivity index (χ2v) is 8.98. The number of benzene rings is 1. The van der Waals surface area contributed by atoms with Gasteiger partial charge in [0.15, 0.2) is 11.5 Å². The first-order valence-electron chi connectivity index (χ1n) is 11.9. The molecule has 1 aliphatic heterocycles. The van der Waals surface area contributed by atoms with Gasteiger partial charge in [0.25, 0.3) is 5.91 Å². The summed E-state index contributed by atoms with van der Waals surface area (Å²) in [6.45, 7) is 7.72. The van der Waals surface area contributed by atoms with Crippen molar-refractivity contribution in [2.75, 3.05) is 13.3 Å². The molecule has 1 aliphatic rings. The standard InChI is InChI=1S/C25H31N5O5/c1-4-30-13-18(23(31)17-11-21-22(12-20(17)30)35-15-34-21)24(32)28-19(10-16(2)3)25(33)27-6-5-8-29-9-7-26-14-29/h7,9,11-14,16,19H,4-6,8,10,15H2,1-3H3,(H,27,33)(H,28,32)/t19-/m0/s1. The van der Waals surface area contributed by atoms with Crippen molar-refractivity contribution in [3.05, 3.63) is 52.8 Å². The van der Waals surface area contributed by atoms with Crippen molar-refractivity contribution in [1.82, 2.24) is 24.8 Å². The lowest BCUT2D eigenvalue weighted by atomic mass is 10.0. The van der Waals surface area contributed by atoms with Crippen LogP contribution in [0.3, 0.4) is 0 Å². The van der Waals surface area contributed by atoms with Crippen molar-refractivity contribution in [2.24, 2.45) is 5.92 Å². The number of rotatable bonds is 10. The van der Waals surface area contributed by atoms with E-state index in [1.165, 1.54) is 6.20 Å². The Morgan fingerprint density at radius 3 is 2.66 bits per heavy atom. The van der Waals surface area contributed by atoms with Crippen LogP contribution in [-0.4, -0.2) is 45.3 Å². The Morgan fingerprint density at radius 2 is 1.97 bits per heavy atom. The first kappa shape index (κ1) is 24.3. The molecule has 2 aromatic heterocycles. The number of nitrogens with one attached hydrogen (secondary N) is 2. The molecule has 1 atom stereocenters. The van der Waals surface area contributed by atoms with Gasteiger partial charge in [0.1, 0.15) is 11.6 Å². The summed E-state index contributed by atoms with van der Waals surface area (Å²) >= 11 is 0. The molecule has 0 unspecified atom stereocenters. The van der Waals surface area contributed by atoms with Gasteiger partial charge >= 0.3 is 0 Å². The van der Waals surface area contributed by atoms with Crippen molar-refractivity contribution in [1.29, 1.82) is 0 Å². The van der Waals surface area contributed by atoms with Crippen molar-refractivity contribution in [2.45, 2.75) is 52.7 Å². The number of amides is 2. The minimum absolute atomic E-state index is 0.0140. The van der Waals surface area contributed by atoms with E-state index in [2.05, 4.69) is 15.6 Å². The fourth-order valence-electron chi connectivity index (χ4n) is 4.16. The first-order valence-corrected chi connectivity index (χ1v) is 11.9. The summed E-state index contributed by atoms with van der Waals surface area (Å²) in [6.07, 6.45) is 8.02. The molecule has 0 radical (unpaired) electrons. The predicted octanol–water partition coefficient (Wildman–Crippen LogP) is 2.30. The van der Waals surface area contributed by atoms with Crippen molar-refractivity contribution >= 4 is 22.7 Å². The number of nitrogens with zero attached hydrogens (tertiary/aromatic N) is 3. The molecule has 35 heavy (non-hydrogen) atoms. The number of aromatic nitrogens is 3. The van der Waals surface area contributed by atoms with Crippen LogP contribution in [-0.2, 0) is 17.9 Å². The minimum Gasteiger partial charge on any atom is -0.454 e. The molecule has 0 saturated heterocycles. The average Bonchev–Trinajstić information content (AvgIpc) is 3.52. The summed E-state index contributed by atoms with van der Waals surface area (Å²) < 4.78 is 14.6. The minimum atomic E-state index is -0.752. The van der Waals surface area contributed by atoms with Crippen LogP contribution < -0.4 is 25.5 Å². The number of ether oxygens (including phenoxy) is 2. The van der Waals surface area contributed by atoms with E-state index in [0.29, 0.717) is 41.9 Å². The molecular formula is C25H31N5O5. The molecule has 10 nitrogen and oxygen atoms in total. The van der Waals surface area contributed by atoms with E-state index in [1.54, 1.807) is 24.7 Å². The Hall–Kier alpha value is -3.82. The maximum Gasteiger partial charge on any atom is 0.257 e. The normalized spacial score (nSPS) is 13.3. The number of pyridine rings is 1. The second kappa shape index (κ2) is 10.6. The third-order valence-corrected chi connectivity index (χ3v) is 5.94. The topological polar surface area (TPSA) is 116 Å². The first-order chi connectivity index (χ1) is 16.9. The van der Waals surface area contributed by atoms with Crippen LogP contribution >= 0.6 is 0 Å². The summed E-state index contributed by atoms with van der Waals surface area (Å²) in [6, 6.07) is 2.61. The van der Waals surface area contributed by atoms with E-state index in [-0.39, 0.29) is 24.2 Å². The van der Waals surface area contributed by atoms with Gasteiger partial charge in [-0.3, -0.25) is 14.4 Å². The third-order valence-electron chi connectivity index (χ3n) is 5.94. The van der Waals surface area contributed by atoms with Crippen molar-refractivity contribution in [3.63, 3.8) is 0 Å². The van der Waals surface area contributed by atoms with E-state index in [0.717, 1.165) is 13.0 Å². The molecule has 0 bridgehead atoms. The van der Waals surface area contributed by atoms with Gasteiger partial charge in [0.2, 0.25) is 18.1 Å². The van der Waals surface area contributed by atoms with E-state index < -0.39 is 17.4 Å². The zero-order valence-corrected chi connectivity index (χ0v) is 20.2. The molecule has 186 valence electrons. The zero-order chi connectivity index (χ0) is 24.9. The third kappa shape index (κ3) is 5.47. The SMILES string of the molecule is CCn1cc(C(=O)N[C@@H](CC(C)C)C(=O)NCCCn2ccnc2)c(=O)c2cc3c(cc21)OCO3. The van der Waals surface area contributed by atoms with Gasteiger partial charge < -0.3 is 29.2 Å². The summed E-state index contributed by atoms with van der Waals surface area (Å²) in [4.78, 5) is 43.4. The molecule has 0 saturated carbocycles. The maximum atomic E-state index is 13.3. The average molecular weight is 482 g/mol. The molecule has 1 aromatic carbocycles. The molecular weight excluding hydrogens is 450 g/mol. The largest absolute Gasteiger partial charge is 0.454 e. The molecule has 0 aliphatic carbocycles. The number of carbonyl (C=O) groups is 2. The van der Waals surface area contributed by atoms with E-state index in [1.807, 2.05) is 36.1 Å². The van der Waals surface area contributed by atoms with Gasteiger partial charge in [-0.2, -0.15) is 0 Å². The Kier molecular flexibility index (Phi) is 7.38. The quantitative estimate of drug-likeness (QED) is 0.429. The summed E-state index contributed by atoms with van der Waals surface area (Å²) in [5, 5.41) is 6.06. The highest BCUT2D eigenvalue weighted by Crippen LogP contribution is 2.35. The zero-order valence-electron chi connectivity index (χ0n) is 20.2. The maximum absolute atomic E-state index is 13.3. The Labute approximate surface area is 203 Å². The summed E-state index contributed by atoms with van der Waals surface area (Å²) in [5.41, 5.74) is 0.233. The van der Waals surface area contributed by atoms with Gasteiger partial charge in [-0.1, -0.05) is 13.8 Å². The monoisotopic (exact) mass is 481 g/mol. The highest BCUT2D eigenvalue weighted by molar-refractivity contribution is 6.00. The van der Waals surface area contributed by atoms with Crippen molar-refractivity contribution in [3.8, 4) is 11.5 Å². The van der Waals surface area contributed by atoms with Crippen LogP contribution in [0.15, 0.2) is 41.8 Å². The van der Waals surface area contributed by atoms with Crippen molar-refractivity contribution < 1.29 is 19.1 Å². The lowest BCUT2D eigenvalue weighted by Crippen LogP contribution is -2.48. The number of hydrogen-bond acceptors (Lipinski definition) is 6. The smallest absolute Gasteiger partial charge is 0.257 e. The van der Waals surface area contributed by atoms with Crippen LogP contribution in [0.2, 0.25) is 0 Å². The van der Waals surface area contributed by atoms with Crippen LogP contribution in [0.1, 0.15) is 44.0 Å². The molecule has 3 heterocycles. The Balaban J connectivity index is 1.51. The number of imidazole rings is 1. The fraction of sp³-hybridized carbons (Fsp3) is 0.440. The molecule has 2 amide bonds. The Bertz CT molecular complexity index is 1270.